The third-order valence-corrected chi connectivity index (χ3v) is 3.63. The number of nitrogens with two attached hydrogens (primary N) is 1. The van der Waals surface area contributed by atoms with Gasteiger partial charge >= 0.3 is 0 Å². The lowest BCUT2D eigenvalue weighted by molar-refractivity contribution is 0.112. The van der Waals surface area contributed by atoms with Crippen LogP contribution in [0.5, 0.6) is 0 Å². The first-order valence-electron chi connectivity index (χ1n) is 7.89. The van der Waals surface area contributed by atoms with Crippen LogP contribution in [-0.2, 0) is 6.54 Å². The molecule has 0 heterocycles. The minimum Gasteiger partial charge on any atom is -0.403 e. The van der Waals surface area contributed by atoms with Crippen molar-refractivity contribution in [2.24, 2.45) is 5.73 Å². The van der Waals surface area contributed by atoms with Gasteiger partial charge in [-0.15, -0.1) is 0 Å². The zero-order valence-electron chi connectivity index (χ0n) is 14.5. The molecule has 0 aliphatic heterocycles. The van der Waals surface area contributed by atoms with Crippen molar-refractivity contribution in [3.63, 3.8) is 0 Å². The minimum absolute atomic E-state index is 0.512. The second kappa shape index (κ2) is 10.2. The molecule has 0 amide bonds. The van der Waals surface area contributed by atoms with Gasteiger partial charge in [0.25, 0.3) is 0 Å². The zero-order valence-corrected chi connectivity index (χ0v) is 14.5. The molecule has 0 fully saturated rings. The van der Waals surface area contributed by atoms with Crippen LogP contribution in [0.4, 0.5) is 0 Å². The molecular weight excluding hydrogens is 300 g/mol. The number of hydrogen-bond donors (Lipinski definition) is 3. The van der Waals surface area contributed by atoms with Crippen molar-refractivity contribution in [2.45, 2.75) is 26.3 Å². The standard InChI is InChI=1S/C19H22N2O.CH4O/c1-14(2)17-6-8-18(9-7-17)19(11-20)21-12-15-4-3-5-16(10-15)13-22;1-2/h3-11,13-14,21H,12,20H2,1-2H3;2H,1H3/b19-11-;. The molecule has 0 saturated carbocycles. The van der Waals surface area contributed by atoms with E-state index in [0.29, 0.717) is 18.0 Å². The van der Waals surface area contributed by atoms with Crippen LogP contribution in [0.15, 0.2) is 54.7 Å². The average molecular weight is 326 g/mol. The number of aldehydes is 1. The third-order valence-electron chi connectivity index (χ3n) is 3.63. The van der Waals surface area contributed by atoms with Gasteiger partial charge in [0.2, 0.25) is 0 Å². The Labute approximate surface area is 144 Å². The fourth-order valence-corrected chi connectivity index (χ4v) is 2.28. The van der Waals surface area contributed by atoms with Crippen LogP contribution in [0.25, 0.3) is 5.70 Å². The van der Waals surface area contributed by atoms with Crippen molar-refractivity contribution in [1.29, 1.82) is 0 Å². The van der Waals surface area contributed by atoms with Crippen molar-refractivity contribution in [3.8, 4) is 0 Å². The van der Waals surface area contributed by atoms with E-state index in [9.17, 15) is 4.79 Å². The van der Waals surface area contributed by atoms with Gasteiger partial charge < -0.3 is 16.2 Å². The summed E-state index contributed by atoms with van der Waals surface area (Å²) in [4.78, 5) is 10.8. The molecule has 0 aliphatic carbocycles. The van der Waals surface area contributed by atoms with Gasteiger partial charge in [-0.1, -0.05) is 56.3 Å². The molecule has 0 saturated heterocycles. The molecule has 0 atom stereocenters. The zero-order chi connectivity index (χ0) is 17.9. The number of aliphatic hydroxyl groups is 1. The number of aliphatic hydroxyl groups excluding tert-OH is 1. The van der Waals surface area contributed by atoms with Crippen molar-refractivity contribution in [3.05, 3.63) is 77.0 Å². The highest BCUT2D eigenvalue weighted by Gasteiger charge is 2.04. The van der Waals surface area contributed by atoms with Crippen LogP contribution in [0.2, 0.25) is 0 Å². The number of nitrogens with one attached hydrogen (secondary N) is 1. The summed E-state index contributed by atoms with van der Waals surface area (Å²) in [5.74, 6) is 0.512. The van der Waals surface area contributed by atoms with Crippen LogP contribution >= 0.6 is 0 Å². The quantitative estimate of drug-likeness (QED) is 0.712. The lowest BCUT2D eigenvalue weighted by Gasteiger charge is -2.12. The van der Waals surface area contributed by atoms with Crippen molar-refractivity contribution in [2.75, 3.05) is 7.11 Å². The summed E-state index contributed by atoms with van der Waals surface area (Å²) in [6, 6.07) is 15.9. The molecule has 2 aromatic rings. The number of benzene rings is 2. The van der Waals surface area contributed by atoms with E-state index in [4.69, 9.17) is 10.8 Å². The fraction of sp³-hybridized carbons (Fsp3) is 0.250. The van der Waals surface area contributed by atoms with Gasteiger partial charge in [-0.05, 0) is 28.7 Å². The number of carbonyl (C=O) groups excluding carboxylic acids is 1. The molecule has 0 unspecified atom stereocenters. The van der Waals surface area contributed by atoms with Gasteiger partial charge in [0.05, 0.1) is 5.70 Å². The van der Waals surface area contributed by atoms with E-state index in [0.717, 1.165) is 30.2 Å². The molecular formula is C20H26N2O2. The Morgan fingerprint density at radius 2 is 1.83 bits per heavy atom. The molecule has 4 heteroatoms. The van der Waals surface area contributed by atoms with Crippen LogP contribution in [0.3, 0.4) is 0 Å². The van der Waals surface area contributed by atoms with Gasteiger partial charge in [0.15, 0.2) is 0 Å². The summed E-state index contributed by atoms with van der Waals surface area (Å²) in [5, 5.41) is 10.3. The van der Waals surface area contributed by atoms with Crippen molar-refractivity contribution < 1.29 is 9.90 Å². The van der Waals surface area contributed by atoms with Crippen LogP contribution in [-0.4, -0.2) is 18.5 Å². The Hall–Kier alpha value is -2.59. The topological polar surface area (TPSA) is 75.3 Å². The predicted octanol–water partition coefficient (Wildman–Crippen LogP) is 3.28. The Bertz CT molecular complexity index is 662. The maximum Gasteiger partial charge on any atom is 0.150 e. The first kappa shape index (κ1) is 19.5. The largest absolute Gasteiger partial charge is 0.403 e. The summed E-state index contributed by atoms with van der Waals surface area (Å²) in [6.07, 6.45) is 2.43. The molecule has 0 aliphatic rings. The lowest BCUT2D eigenvalue weighted by atomic mass is 10.0. The van der Waals surface area contributed by atoms with Crippen molar-refractivity contribution >= 4 is 12.0 Å². The van der Waals surface area contributed by atoms with Crippen LogP contribution < -0.4 is 11.1 Å². The van der Waals surface area contributed by atoms with Crippen molar-refractivity contribution in [1.82, 2.24) is 5.32 Å². The maximum absolute atomic E-state index is 10.8. The molecule has 0 radical (unpaired) electrons. The molecule has 128 valence electrons. The average Bonchev–Trinajstić information content (AvgIpc) is 2.64. The number of carbonyl (C=O) groups is 1. The summed E-state index contributed by atoms with van der Waals surface area (Å²) < 4.78 is 0. The van der Waals surface area contributed by atoms with E-state index >= 15 is 0 Å². The molecule has 2 rings (SSSR count). The first-order chi connectivity index (χ1) is 11.6. The van der Waals surface area contributed by atoms with E-state index in [2.05, 4.69) is 43.4 Å². The Balaban J connectivity index is 0.00000139. The summed E-state index contributed by atoms with van der Waals surface area (Å²) in [6.45, 7) is 4.97. The molecule has 0 spiro atoms. The van der Waals surface area contributed by atoms with Crippen LogP contribution in [0, 0.1) is 0 Å². The molecule has 4 nitrogen and oxygen atoms in total. The molecule has 2 aromatic carbocycles. The summed E-state index contributed by atoms with van der Waals surface area (Å²) >= 11 is 0. The molecule has 0 bridgehead atoms. The SMILES string of the molecule is CC(C)c1ccc(/C(=C/N)NCc2cccc(C=O)c2)cc1.CO. The Morgan fingerprint density at radius 1 is 1.17 bits per heavy atom. The highest BCUT2D eigenvalue weighted by Crippen LogP contribution is 2.18. The minimum atomic E-state index is 0.512. The van der Waals surface area contributed by atoms with E-state index in [-0.39, 0.29) is 0 Å². The maximum atomic E-state index is 10.8. The third kappa shape index (κ3) is 5.56. The first-order valence-corrected chi connectivity index (χ1v) is 7.89. The highest BCUT2D eigenvalue weighted by atomic mass is 16.2. The van der Waals surface area contributed by atoms with Gasteiger partial charge in [-0.2, -0.15) is 0 Å². The smallest absolute Gasteiger partial charge is 0.150 e. The molecule has 4 N–H and O–H groups in total. The summed E-state index contributed by atoms with van der Waals surface area (Å²) in [5.41, 5.74) is 10.7. The lowest BCUT2D eigenvalue weighted by Crippen LogP contribution is -2.13. The van der Waals surface area contributed by atoms with Gasteiger partial charge in [-0.25, -0.2) is 0 Å². The highest BCUT2D eigenvalue weighted by molar-refractivity contribution is 5.75. The number of hydrogen-bond acceptors (Lipinski definition) is 4. The van der Waals surface area contributed by atoms with Gasteiger partial charge in [0.1, 0.15) is 6.29 Å². The Kier molecular flexibility index (Phi) is 8.30. The fourth-order valence-electron chi connectivity index (χ4n) is 2.28. The monoisotopic (exact) mass is 326 g/mol. The second-order valence-electron chi connectivity index (χ2n) is 5.57. The Morgan fingerprint density at radius 3 is 2.38 bits per heavy atom. The predicted molar refractivity (Wildman–Crippen MR) is 99.5 cm³/mol. The van der Waals surface area contributed by atoms with Gasteiger partial charge in [0, 0.05) is 25.4 Å². The van der Waals surface area contributed by atoms with Gasteiger partial charge in [-0.3, -0.25) is 4.79 Å². The summed E-state index contributed by atoms with van der Waals surface area (Å²) in [7, 11) is 1.00. The molecule has 24 heavy (non-hydrogen) atoms. The van der Waals surface area contributed by atoms with E-state index in [1.54, 1.807) is 12.3 Å². The molecule has 0 aromatic heterocycles. The van der Waals surface area contributed by atoms with E-state index < -0.39 is 0 Å². The van der Waals surface area contributed by atoms with E-state index in [1.807, 2.05) is 18.2 Å². The normalized spacial score (nSPS) is 10.8. The second-order valence-corrected chi connectivity index (χ2v) is 5.57. The number of rotatable bonds is 6. The van der Waals surface area contributed by atoms with Crippen LogP contribution in [0.1, 0.15) is 46.8 Å². The van der Waals surface area contributed by atoms with E-state index in [1.165, 1.54) is 5.56 Å².